The van der Waals surface area contributed by atoms with E-state index in [9.17, 15) is 4.79 Å². The van der Waals surface area contributed by atoms with E-state index in [2.05, 4.69) is 13.5 Å². The van der Waals surface area contributed by atoms with Crippen molar-refractivity contribution in [2.24, 2.45) is 0 Å². The van der Waals surface area contributed by atoms with Crippen LogP contribution in [0.5, 0.6) is 11.5 Å². The van der Waals surface area contributed by atoms with Crippen molar-refractivity contribution in [3.63, 3.8) is 0 Å². The summed E-state index contributed by atoms with van der Waals surface area (Å²) in [6.07, 6.45) is 4.85. The predicted octanol–water partition coefficient (Wildman–Crippen LogP) is 3.51. The van der Waals surface area contributed by atoms with Gasteiger partial charge in [0.2, 0.25) is 0 Å². The Hall–Kier alpha value is -2.74. The predicted molar refractivity (Wildman–Crippen MR) is 88.1 cm³/mol. The lowest BCUT2D eigenvalue weighted by Gasteiger charge is -2.11. The van der Waals surface area contributed by atoms with Crippen LogP contribution >= 0.6 is 0 Å². The normalized spacial score (nSPS) is 10.6. The van der Waals surface area contributed by atoms with E-state index in [1.807, 2.05) is 6.07 Å². The van der Waals surface area contributed by atoms with Crippen molar-refractivity contribution in [2.75, 3.05) is 20.3 Å². The zero-order chi connectivity index (χ0) is 17.1. The van der Waals surface area contributed by atoms with Gasteiger partial charge in [0.05, 0.1) is 13.7 Å². The van der Waals surface area contributed by atoms with Crippen LogP contribution in [0, 0.1) is 11.3 Å². The lowest BCUT2D eigenvalue weighted by molar-refractivity contribution is -0.137. The van der Waals surface area contributed by atoms with Gasteiger partial charge in [-0.25, -0.2) is 4.79 Å². The molecule has 0 fully saturated rings. The van der Waals surface area contributed by atoms with Crippen LogP contribution in [-0.4, -0.2) is 26.3 Å². The molecule has 0 radical (unpaired) electrons. The van der Waals surface area contributed by atoms with Crippen molar-refractivity contribution in [1.29, 1.82) is 5.26 Å². The monoisotopic (exact) mass is 315 g/mol. The third kappa shape index (κ3) is 5.87. The van der Waals surface area contributed by atoms with Crippen LogP contribution in [0.25, 0.3) is 6.08 Å². The van der Waals surface area contributed by atoms with Gasteiger partial charge >= 0.3 is 5.97 Å². The van der Waals surface area contributed by atoms with Crippen molar-refractivity contribution in [3.05, 3.63) is 42.0 Å². The van der Waals surface area contributed by atoms with Crippen molar-refractivity contribution >= 4 is 12.0 Å². The van der Waals surface area contributed by atoms with Gasteiger partial charge in [-0.3, -0.25) is 0 Å². The van der Waals surface area contributed by atoms with Crippen LogP contribution < -0.4 is 9.47 Å². The minimum absolute atomic E-state index is 0.0614. The van der Waals surface area contributed by atoms with Gasteiger partial charge < -0.3 is 14.2 Å². The number of ether oxygens (including phenoxy) is 3. The highest BCUT2D eigenvalue weighted by molar-refractivity contribution is 5.98. The van der Waals surface area contributed by atoms with E-state index >= 15 is 0 Å². The molecule has 23 heavy (non-hydrogen) atoms. The zero-order valence-electron chi connectivity index (χ0n) is 13.5. The first-order chi connectivity index (χ1) is 11.2. The molecule has 0 amide bonds. The van der Waals surface area contributed by atoms with E-state index < -0.39 is 5.97 Å². The Kier molecular flexibility index (Phi) is 8.01. The second-order valence-corrected chi connectivity index (χ2v) is 4.67. The van der Waals surface area contributed by atoms with Gasteiger partial charge in [0.15, 0.2) is 11.5 Å². The van der Waals surface area contributed by atoms with Gasteiger partial charge in [0.25, 0.3) is 0 Å². The Bertz CT molecular complexity index is 614. The fourth-order valence-corrected chi connectivity index (χ4v) is 1.74. The van der Waals surface area contributed by atoms with Crippen molar-refractivity contribution in [1.82, 2.24) is 0 Å². The number of hydrogen-bond acceptors (Lipinski definition) is 5. The van der Waals surface area contributed by atoms with Gasteiger partial charge in [-0.1, -0.05) is 32.1 Å². The minimum atomic E-state index is -0.684. The van der Waals surface area contributed by atoms with Crippen LogP contribution in [0.15, 0.2) is 36.4 Å². The zero-order valence-corrected chi connectivity index (χ0v) is 13.5. The van der Waals surface area contributed by atoms with Gasteiger partial charge in [-0.05, 0) is 30.2 Å². The van der Waals surface area contributed by atoms with Crippen LogP contribution in [0.1, 0.15) is 25.3 Å². The summed E-state index contributed by atoms with van der Waals surface area (Å²) in [5.41, 5.74) is 0.570. The Morgan fingerprint density at radius 1 is 1.39 bits per heavy atom. The maximum atomic E-state index is 11.7. The molecule has 0 aromatic heterocycles. The SMILES string of the molecule is C=CCOC(=O)/C(C#N)=C\c1ccc(OC)c(OCCCC)c1. The number of carbonyl (C=O) groups excluding carboxylic acids is 1. The standard InChI is InChI=1S/C18H21NO4/c1-4-6-10-22-17-12-14(7-8-16(17)21-3)11-15(13-19)18(20)23-9-5-2/h5,7-8,11-12H,2,4,6,9-10H2,1,3H3/b15-11-. The number of carbonyl (C=O) groups is 1. The Labute approximate surface area is 136 Å². The maximum Gasteiger partial charge on any atom is 0.349 e. The third-order valence-electron chi connectivity index (χ3n) is 2.93. The lowest BCUT2D eigenvalue weighted by atomic mass is 10.1. The van der Waals surface area contributed by atoms with Crippen LogP contribution in [0.4, 0.5) is 0 Å². The number of rotatable bonds is 9. The van der Waals surface area contributed by atoms with E-state index in [0.717, 1.165) is 12.8 Å². The van der Waals surface area contributed by atoms with Gasteiger partial charge in [-0.15, -0.1) is 0 Å². The summed E-state index contributed by atoms with van der Waals surface area (Å²) >= 11 is 0. The van der Waals surface area contributed by atoms with Crippen molar-refractivity contribution in [3.8, 4) is 17.6 Å². The fourth-order valence-electron chi connectivity index (χ4n) is 1.74. The van der Waals surface area contributed by atoms with Gasteiger partial charge in [-0.2, -0.15) is 5.26 Å². The number of unbranched alkanes of at least 4 members (excludes halogenated alkanes) is 1. The molecular weight excluding hydrogens is 294 g/mol. The molecule has 5 nitrogen and oxygen atoms in total. The van der Waals surface area contributed by atoms with E-state index in [1.165, 1.54) is 12.2 Å². The number of nitrogens with zero attached hydrogens (tertiary/aromatic N) is 1. The second kappa shape index (κ2) is 10.1. The van der Waals surface area contributed by atoms with Gasteiger partial charge in [0, 0.05) is 0 Å². The summed E-state index contributed by atoms with van der Waals surface area (Å²) in [4.78, 5) is 11.7. The number of esters is 1. The van der Waals surface area contributed by atoms with Crippen LogP contribution in [-0.2, 0) is 9.53 Å². The first-order valence-electron chi connectivity index (χ1n) is 7.36. The molecule has 0 aliphatic carbocycles. The third-order valence-corrected chi connectivity index (χ3v) is 2.93. The van der Waals surface area contributed by atoms with Crippen LogP contribution in [0.3, 0.4) is 0 Å². The van der Waals surface area contributed by atoms with E-state index in [0.29, 0.717) is 23.7 Å². The first kappa shape index (κ1) is 18.3. The molecule has 0 saturated heterocycles. The molecule has 0 atom stereocenters. The first-order valence-corrected chi connectivity index (χ1v) is 7.36. The van der Waals surface area contributed by atoms with Crippen molar-refractivity contribution in [2.45, 2.75) is 19.8 Å². The number of benzene rings is 1. The molecule has 0 N–H and O–H groups in total. The molecule has 0 aliphatic heterocycles. The Morgan fingerprint density at radius 2 is 2.17 bits per heavy atom. The highest BCUT2D eigenvalue weighted by Gasteiger charge is 2.11. The highest BCUT2D eigenvalue weighted by atomic mass is 16.5. The molecule has 0 unspecified atom stereocenters. The molecule has 1 aromatic rings. The smallest absolute Gasteiger partial charge is 0.349 e. The molecular formula is C18H21NO4. The summed E-state index contributed by atoms with van der Waals surface area (Å²) in [6, 6.07) is 7.04. The Morgan fingerprint density at radius 3 is 2.78 bits per heavy atom. The molecule has 1 rings (SSSR count). The Balaban J connectivity index is 2.99. The van der Waals surface area contributed by atoms with Crippen LogP contribution in [0.2, 0.25) is 0 Å². The largest absolute Gasteiger partial charge is 0.493 e. The second-order valence-electron chi connectivity index (χ2n) is 4.67. The quantitative estimate of drug-likeness (QED) is 0.229. The molecule has 0 bridgehead atoms. The number of methoxy groups -OCH3 is 1. The number of nitriles is 1. The summed E-state index contributed by atoms with van der Waals surface area (Å²) in [7, 11) is 1.56. The molecule has 1 aromatic carbocycles. The van der Waals surface area contributed by atoms with Gasteiger partial charge in [0.1, 0.15) is 18.2 Å². The van der Waals surface area contributed by atoms with E-state index in [1.54, 1.807) is 25.3 Å². The van der Waals surface area contributed by atoms with E-state index in [-0.39, 0.29) is 12.2 Å². The fraction of sp³-hybridized carbons (Fsp3) is 0.333. The molecule has 5 heteroatoms. The minimum Gasteiger partial charge on any atom is -0.493 e. The summed E-state index contributed by atoms with van der Waals surface area (Å²) < 4.78 is 15.8. The topological polar surface area (TPSA) is 68.6 Å². The number of hydrogen-bond donors (Lipinski definition) is 0. The highest BCUT2D eigenvalue weighted by Crippen LogP contribution is 2.29. The summed E-state index contributed by atoms with van der Waals surface area (Å²) in [6.45, 7) is 6.17. The molecule has 0 aliphatic rings. The van der Waals surface area contributed by atoms with Crippen molar-refractivity contribution < 1.29 is 19.0 Å². The molecule has 0 saturated carbocycles. The summed E-state index contributed by atoms with van der Waals surface area (Å²) in [5, 5.41) is 9.10. The summed E-state index contributed by atoms with van der Waals surface area (Å²) in [5.74, 6) is 0.495. The molecule has 0 spiro atoms. The average Bonchev–Trinajstić information content (AvgIpc) is 2.58. The maximum absolute atomic E-state index is 11.7. The lowest BCUT2D eigenvalue weighted by Crippen LogP contribution is -2.06. The molecule has 122 valence electrons. The molecule has 0 heterocycles. The van der Waals surface area contributed by atoms with E-state index in [4.69, 9.17) is 19.5 Å². The average molecular weight is 315 g/mol.